The zero-order chi connectivity index (χ0) is 16.2. The van der Waals surface area contributed by atoms with Gasteiger partial charge in [-0.15, -0.1) is 0 Å². The highest BCUT2D eigenvalue weighted by molar-refractivity contribution is 6.12. The fraction of sp³-hybridized carbons (Fsp3) is 0. The Bertz CT molecular complexity index is 894. The lowest BCUT2D eigenvalue weighted by Crippen LogP contribution is -2.10. The second-order valence-corrected chi connectivity index (χ2v) is 4.84. The lowest BCUT2D eigenvalue weighted by Gasteiger charge is -2.01. The fourth-order valence-corrected chi connectivity index (χ4v) is 2.22. The number of carboxylic acids is 1. The maximum Gasteiger partial charge on any atom is 0.374 e. The van der Waals surface area contributed by atoms with Crippen LogP contribution < -0.4 is 5.32 Å². The SMILES string of the molecule is O=C(C=Cc1ccccc1)Nc1c(C(=O)O)oc2ccccc12. The van der Waals surface area contributed by atoms with E-state index in [0.717, 1.165) is 5.56 Å². The largest absolute Gasteiger partial charge is 0.475 e. The molecule has 1 heterocycles. The summed E-state index contributed by atoms with van der Waals surface area (Å²) in [6, 6.07) is 16.2. The highest BCUT2D eigenvalue weighted by atomic mass is 16.4. The van der Waals surface area contributed by atoms with Gasteiger partial charge in [0.15, 0.2) is 0 Å². The van der Waals surface area contributed by atoms with Crippen LogP contribution in [0.3, 0.4) is 0 Å². The number of rotatable bonds is 4. The molecule has 0 saturated heterocycles. The molecule has 0 aliphatic rings. The lowest BCUT2D eigenvalue weighted by atomic mass is 10.2. The minimum atomic E-state index is -1.23. The normalized spacial score (nSPS) is 11.0. The summed E-state index contributed by atoms with van der Waals surface area (Å²) in [5, 5.41) is 12.4. The summed E-state index contributed by atoms with van der Waals surface area (Å²) in [6.45, 7) is 0. The van der Waals surface area contributed by atoms with Gasteiger partial charge in [-0.1, -0.05) is 42.5 Å². The molecule has 0 atom stereocenters. The number of furan rings is 1. The predicted molar refractivity (Wildman–Crippen MR) is 87.3 cm³/mol. The number of nitrogens with one attached hydrogen (secondary N) is 1. The van der Waals surface area contributed by atoms with Crippen LogP contribution in [0.25, 0.3) is 17.0 Å². The average molecular weight is 307 g/mol. The van der Waals surface area contributed by atoms with Crippen LogP contribution in [0.1, 0.15) is 16.1 Å². The second kappa shape index (κ2) is 6.19. The van der Waals surface area contributed by atoms with E-state index in [1.807, 2.05) is 30.3 Å². The number of anilines is 1. The molecule has 0 saturated carbocycles. The van der Waals surface area contributed by atoms with Gasteiger partial charge in [-0.3, -0.25) is 4.79 Å². The van der Waals surface area contributed by atoms with Gasteiger partial charge >= 0.3 is 5.97 Å². The van der Waals surface area contributed by atoms with Crippen LogP contribution in [0.2, 0.25) is 0 Å². The number of carboxylic acid groups (broad SMARTS) is 1. The molecule has 3 aromatic rings. The molecule has 0 unspecified atom stereocenters. The maximum absolute atomic E-state index is 12.1. The van der Waals surface area contributed by atoms with E-state index in [1.54, 1.807) is 30.3 Å². The lowest BCUT2D eigenvalue weighted by molar-refractivity contribution is -0.111. The Hall–Kier alpha value is -3.34. The molecule has 5 heteroatoms. The van der Waals surface area contributed by atoms with E-state index in [4.69, 9.17) is 4.42 Å². The molecule has 1 aromatic heterocycles. The van der Waals surface area contributed by atoms with Crippen molar-refractivity contribution in [3.05, 3.63) is 72.0 Å². The van der Waals surface area contributed by atoms with Crippen LogP contribution >= 0.6 is 0 Å². The zero-order valence-corrected chi connectivity index (χ0v) is 12.0. The summed E-state index contributed by atoms with van der Waals surface area (Å²) in [5.41, 5.74) is 1.45. The first-order valence-corrected chi connectivity index (χ1v) is 6.94. The molecule has 0 fully saturated rings. The van der Waals surface area contributed by atoms with E-state index in [-0.39, 0.29) is 11.4 Å². The number of aromatic carboxylic acids is 1. The van der Waals surface area contributed by atoms with Crippen molar-refractivity contribution in [3.63, 3.8) is 0 Å². The van der Waals surface area contributed by atoms with Crippen molar-refractivity contribution in [2.75, 3.05) is 5.32 Å². The molecule has 2 N–H and O–H groups in total. The van der Waals surface area contributed by atoms with Crippen molar-refractivity contribution in [2.45, 2.75) is 0 Å². The van der Waals surface area contributed by atoms with Gasteiger partial charge < -0.3 is 14.8 Å². The Morgan fingerprint density at radius 2 is 1.70 bits per heavy atom. The molecule has 5 nitrogen and oxygen atoms in total. The topological polar surface area (TPSA) is 79.5 Å². The monoisotopic (exact) mass is 307 g/mol. The van der Waals surface area contributed by atoms with Gasteiger partial charge in [0.05, 0.1) is 0 Å². The average Bonchev–Trinajstić information content (AvgIpc) is 2.93. The minimum Gasteiger partial charge on any atom is -0.475 e. The van der Waals surface area contributed by atoms with E-state index >= 15 is 0 Å². The summed E-state index contributed by atoms with van der Waals surface area (Å²) in [5.74, 6) is -1.95. The van der Waals surface area contributed by atoms with E-state index in [9.17, 15) is 14.7 Å². The van der Waals surface area contributed by atoms with Crippen LogP contribution in [0.15, 0.2) is 65.1 Å². The van der Waals surface area contributed by atoms with Crippen molar-refractivity contribution < 1.29 is 19.1 Å². The van der Waals surface area contributed by atoms with Crippen molar-refractivity contribution in [1.29, 1.82) is 0 Å². The quantitative estimate of drug-likeness (QED) is 0.719. The maximum atomic E-state index is 12.1. The first kappa shape index (κ1) is 14.6. The Morgan fingerprint density at radius 1 is 1.00 bits per heavy atom. The van der Waals surface area contributed by atoms with Gasteiger partial charge in [-0.2, -0.15) is 0 Å². The number of carbonyl (C=O) groups is 2. The first-order valence-electron chi connectivity index (χ1n) is 6.94. The van der Waals surface area contributed by atoms with Crippen LogP contribution in [0, 0.1) is 0 Å². The molecular weight excluding hydrogens is 294 g/mol. The molecule has 0 radical (unpaired) electrons. The molecule has 0 spiro atoms. The molecule has 114 valence electrons. The summed E-state index contributed by atoms with van der Waals surface area (Å²) >= 11 is 0. The molecule has 2 aromatic carbocycles. The predicted octanol–water partition coefficient (Wildman–Crippen LogP) is 3.78. The van der Waals surface area contributed by atoms with E-state index < -0.39 is 11.9 Å². The smallest absolute Gasteiger partial charge is 0.374 e. The third-order valence-electron chi connectivity index (χ3n) is 3.26. The van der Waals surface area contributed by atoms with Crippen molar-refractivity contribution in [2.24, 2.45) is 0 Å². The van der Waals surface area contributed by atoms with E-state index in [0.29, 0.717) is 11.0 Å². The number of hydrogen-bond acceptors (Lipinski definition) is 3. The van der Waals surface area contributed by atoms with E-state index in [2.05, 4.69) is 5.32 Å². The molecular formula is C18H13NO4. The van der Waals surface area contributed by atoms with Crippen LogP contribution in [0.5, 0.6) is 0 Å². The minimum absolute atomic E-state index is 0.163. The van der Waals surface area contributed by atoms with Crippen molar-refractivity contribution >= 4 is 34.6 Å². The third-order valence-corrected chi connectivity index (χ3v) is 3.26. The van der Waals surface area contributed by atoms with Gasteiger partial charge in [0, 0.05) is 11.5 Å². The third kappa shape index (κ3) is 3.13. The molecule has 1 amide bonds. The Morgan fingerprint density at radius 3 is 2.43 bits per heavy atom. The Kier molecular flexibility index (Phi) is 3.93. The standard InChI is InChI=1S/C18H13NO4/c20-15(11-10-12-6-2-1-3-7-12)19-16-13-8-4-5-9-14(13)23-17(16)18(21)22/h1-11H,(H,19,20)(H,21,22). The Labute approximate surface area is 131 Å². The number of amides is 1. The number of hydrogen-bond donors (Lipinski definition) is 2. The number of fused-ring (bicyclic) bond motifs is 1. The molecule has 23 heavy (non-hydrogen) atoms. The highest BCUT2D eigenvalue weighted by Crippen LogP contribution is 2.30. The van der Waals surface area contributed by atoms with Crippen LogP contribution in [-0.4, -0.2) is 17.0 Å². The summed E-state index contributed by atoms with van der Waals surface area (Å²) in [6.07, 6.45) is 3.00. The number of para-hydroxylation sites is 1. The van der Waals surface area contributed by atoms with Gasteiger partial charge in [-0.25, -0.2) is 4.79 Å². The summed E-state index contributed by atoms with van der Waals surface area (Å²) in [7, 11) is 0. The number of carbonyl (C=O) groups excluding carboxylic acids is 1. The van der Waals surface area contributed by atoms with Crippen molar-refractivity contribution in [3.8, 4) is 0 Å². The van der Waals surface area contributed by atoms with Gasteiger partial charge in [0.25, 0.3) is 0 Å². The van der Waals surface area contributed by atoms with Gasteiger partial charge in [-0.05, 0) is 23.8 Å². The first-order chi connectivity index (χ1) is 11.1. The van der Waals surface area contributed by atoms with Crippen LogP contribution in [0.4, 0.5) is 5.69 Å². The fourth-order valence-electron chi connectivity index (χ4n) is 2.22. The molecule has 3 rings (SSSR count). The molecule has 0 aliphatic carbocycles. The van der Waals surface area contributed by atoms with Crippen molar-refractivity contribution in [1.82, 2.24) is 0 Å². The molecule has 0 bridgehead atoms. The Balaban J connectivity index is 1.89. The van der Waals surface area contributed by atoms with Gasteiger partial charge in [0.2, 0.25) is 11.7 Å². The zero-order valence-electron chi connectivity index (χ0n) is 12.0. The number of benzene rings is 2. The van der Waals surface area contributed by atoms with E-state index in [1.165, 1.54) is 6.08 Å². The van der Waals surface area contributed by atoms with Gasteiger partial charge in [0.1, 0.15) is 11.3 Å². The highest BCUT2D eigenvalue weighted by Gasteiger charge is 2.20. The summed E-state index contributed by atoms with van der Waals surface area (Å²) in [4.78, 5) is 23.4. The second-order valence-electron chi connectivity index (χ2n) is 4.84. The summed E-state index contributed by atoms with van der Waals surface area (Å²) < 4.78 is 5.29. The van der Waals surface area contributed by atoms with Crippen LogP contribution in [-0.2, 0) is 4.79 Å². The molecule has 0 aliphatic heterocycles.